The summed E-state index contributed by atoms with van der Waals surface area (Å²) in [6, 6.07) is 24.9. The molecule has 0 saturated carbocycles. The summed E-state index contributed by atoms with van der Waals surface area (Å²) in [5.41, 5.74) is 2.27. The van der Waals surface area contributed by atoms with Crippen LogP contribution >= 0.6 is 0 Å². The van der Waals surface area contributed by atoms with Crippen molar-refractivity contribution in [1.29, 1.82) is 5.26 Å². The molecule has 154 valence electrons. The fourth-order valence-corrected chi connectivity index (χ4v) is 4.99. The molecule has 5 nitrogen and oxygen atoms in total. The van der Waals surface area contributed by atoms with Crippen molar-refractivity contribution in [3.05, 3.63) is 95.6 Å². The van der Waals surface area contributed by atoms with E-state index in [1.165, 1.54) is 28.6 Å². The van der Waals surface area contributed by atoms with Crippen molar-refractivity contribution >= 4 is 10.0 Å². The Bertz CT molecular complexity index is 1120. The van der Waals surface area contributed by atoms with Gasteiger partial charge in [-0.15, -0.1) is 0 Å². The van der Waals surface area contributed by atoms with Crippen molar-refractivity contribution in [1.82, 2.24) is 4.31 Å². The Morgan fingerprint density at radius 1 is 0.967 bits per heavy atom. The summed E-state index contributed by atoms with van der Waals surface area (Å²) in [5.74, 6) is 0.736. The lowest BCUT2D eigenvalue weighted by Gasteiger charge is -2.29. The van der Waals surface area contributed by atoms with Crippen LogP contribution in [0, 0.1) is 11.3 Å². The number of methoxy groups -OCH3 is 1. The molecule has 0 aliphatic rings. The molecule has 0 aliphatic carbocycles. The highest BCUT2D eigenvalue weighted by atomic mass is 32.2. The van der Waals surface area contributed by atoms with E-state index in [2.05, 4.69) is 0 Å². The van der Waals surface area contributed by atoms with Crippen LogP contribution in [0.3, 0.4) is 0 Å². The second-order valence-electron chi connectivity index (χ2n) is 7.04. The van der Waals surface area contributed by atoms with Crippen LogP contribution in [0.5, 0.6) is 5.75 Å². The molecule has 0 heterocycles. The van der Waals surface area contributed by atoms with Gasteiger partial charge < -0.3 is 4.74 Å². The number of nitrogens with zero attached hydrogens (tertiary/aromatic N) is 2. The lowest BCUT2D eigenvalue weighted by molar-refractivity contribution is 0.323. The first-order valence-corrected chi connectivity index (χ1v) is 11.1. The van der Waals surface area contributed by atoms with Gasteiger partial charge in [0, 0.05) is 12.6 Å². The zero-order valence-corrected chi connectivity index (χ0v) is 17.8. The highest BCUT2D eigenvalue weighted by molar-refractivity contribution is 7.89. The van der Waals surface area contributed by atoms with E-state index >= 15 is 0 Å². The molecule has 3 aromatic rings. The minimum atomic E-state index is -3.78. The van der Waals surface area contributed by atoms with Gasteiger partial charge in [-0.25, -0.2) is 8.42 Å². The number of hydrogen-bond acceptors (Lipinski definition) is 4. The Hall–Kier alpha value is -3.14. The van der Waals surface area contributed by atoms with E-state index in [1.807, 2.05) is 67.6 Å². The highest BCUT2D eigenvalue weighted by Crippen LogP contribution is 2.26. The molecule has 6 heteroatoms. The topological polar surface area (TPSA) is 70.4 Å². The third-order valence-corrected chi connectivity index (χ3v) is 6.95. The molecule has 3 aromatic carbocycles. The van der Waals surface area contributed by atoms with Crippen LogP contribution in [0.25, 0.3) is 0 Å². The predicted molar refractivity (Wildman–Crippen MR) is 116 cm³/mol. The van der Waals surface area contributed by atoms with Gasteiger partial charge in [-0.1, -0.05) is 48.5 Å². The van der Waals surface area contributed by atoms with Gasteiger partial charge in [0.05, 0.1) is 23.6 Å². The van der Waals surface area contributed by atoms with Crippen molar-refractivity contribution in [2.75, 3.05) is 7.11 Å². The molecule has 0 amide bonds. The smallest absolute Gasteiger partial charge is 0.243 e. The van der Waals surface area contributed by atoms with E-state index < -0.39 is 10.0 Å². The van der Waals surface area contributed by atoms with Crippen LogP contribution in [-0.2, 0) is 23.0 Å². The van der Waals surface area contributed by atoms with Crippen LogP contribution < -0.4 is 4.74 Å². The minimum Gasteiger partial charge on any atom is -0.496 e. The maximum atomic E-state index is 13.5. The lowest BCUT2D eigenvalue weighted by Crippen LogP contribution is -2.39. The van der Waals surface area contributed by atoms with Crippen molar-refractivity contribution in [2.24, 2.45) is 0 Å². The van der Waals surface area contributed by atoms with Crippen LogP contribution in [0.15, 0.2) is 83.8 Å². The molecular formula is C24H24N2O3S. The maximum absolute atomic E-state index is 13.5. The average Bonchev–Trinajstić information content (AvgIpc) is 2.78. The molecule has 0 aliphatic heterocycles. The average molecular weight is 421 g/mol. The Kier molecular flexibility index (Phi) is 6.88. The summed E-state index contributed by atoms with van der Waals surface area (Å²) in [6.45, 7) is 2.15. The van der Waals surface area contributed by atoms with E-state index in [-0.39, 0.29) is 17.5 Å². The molecule has 30 heavy (non-hydrogen) atoms. The van der Waals surface area contributed by atoms with Gasteiger partial charge in [0.25, 0.3) is 0 Å². The molecule has 0 saturated heterocycles. The lowest BCUT2D eigenvalue weighted by atomic mass is 10.1. The number of para-hydroxylation sites is 1. The van der Waals surface area contributed by atoms with Gasteiger partial charge in [0.15, 0.2) is 0 Å². The van der Waals surface area contributed by atoms with Gasteiger partial charge in [-0.05, 0) is 54.8 Å². The molecule has 1 unspecified atom stereocenters. The molecular weight excluding hydrogens is 396 g/mol. The molecule has 0 aromatic heterocycles. The van der Waals surface area contributed by atoms with Gasteiger partial charge in [0.2, 0.25) is 10.0 Å². The Labute approximate surface area is 178 Å². The van der Waals surface area contributed by atoms with E-state index in [0.717, 1.165) is 16.9 Å². The number of ether oxygens (including phenoxy) is 1. The van der Waals surface area contributed by atoms with Crippen molar-refractivity contribution in [2.45, 2.75) is 30.8 Å². The molecule has 0 N–H and O–H groups in total. The molecule has 0 spiro atoms. The van der Waals surface area contributed by atoms with E-state index in [9.17, 15) is 8.42 Å². The molecule has 1 atom stereocenters. The quantitative estimate of drug-likeness (QED) is 0.542. The number of nitriles is 1. The van der Waals surface area contributed by atoms with Gasteiger partial charge in [0.1, 0.15) is 5.75 Å². The predicted octanol–water partition coefficient (Wildman–Crippen LogP) is 4.39. The van der Waals surface area contributed by atoms with Crippen LogP contribution in [0.4, 0.5) is 0 Å². The third kappa shape index (κ3) is 4.88. The number of benzene rings is 3. The normalized spacial score (nSPS) is 12.3. The third-order valence-electron chi connectivity index (χ3n) is 4.97. The van der Waals surface area contributed by atoms with Gasteiger partial charge in [-0.3, -0.25) is 0 Å². The largest absolute Gasteiger partial charge is 0.496 e. The minimum absolute atomic E-state index is 0.171. The fourth-order valence-electron chi connectivity index (χ4n) is 3.37. The summed E-state index contributed by atoms with van der Waals surface area (Å²) in [5, 5.41) is 9.02. The van der Waals surface area contributed by atoms with Crippen LogP contribution in [-0.4, -0.2) is 25.9 Å². The summed E-state index contributed by atoms with van der Waals surface area (Å²) < 4.78 is 34.0. The zero-order chi connectivity index (χ0) is 21.6. The Morgan fingerprint density at radius 2 is 1.60 bits per heavy atom. The fraction of sp³-hybridized carbons (Fsp3) is 0.208. The van der Waals surface area contributed by atoms with Crippen molar-refractivity contribution < 1.29 is 13.2 Å². The van der Waals surface area contributed by atoms with E-state index in [1.54, 1.807) is 7.11 Å². The standard InChI is InChI=1S/C24H24N2O3S/c1-19(16-22-10-6-7-11-24(22)29-2)26(18-21-8-4-3-5-9-21)30(27,28)23-14-12-20(17-25)13-15-23/h3-15,19H,16,18H2,1-2H3. The van der Waals surface area contributed by atoms with E-state index in [0.29, 0.717) is 12.0 Å². The molecule has 0 bridgehead atoms. The van der Waals surface area contributed by atoms with Crippen LogP contribution in [0.2, 0.25) is 0 Å². The number of rotatable bonds is 8. The van der Waals surface area contributed by atoms with E-state index in [4.69, 9.17) is 10.00 Å². The summed E-state index contributed by atoms with van der Waals surface area (Å²) in [7, 11) is -2.17. The molecule has 0 fully saturated rings. The zero-order valence-electron chi connectivity index (χ0n) is 17.0. The van der Waals surface area contributed by atoms with Gasteiger partial charge in [-0.2, -0.15) is 9.57 Å². The number of sulfonamides is 1. The first-order valence-electron chi connectivity index (χ1n) is 9.63. The SMILES string of the molecule is COc1ccccc1CC(C)N(Cc1ccccc1)S(=O)(=O)c1ccc(C#N)cc1. The van der Waals surface area contributed by atoms with Crippen molar-refractivity contribution in [3.63, 3.8) is 0 Å². The second kappa shape index (κ2) is 9.57. The Morgan fingerprint density at radius 3 is 2.23 bits per heavy atom. The maximum Gasteiger partial charge on any atom is 0.243 e. The second-order valence-corrected chi connectivity index (χ2v) is 8.93. The Balaban J connectivity index is 1.97. The van der Waals surface area contributed by atoms with Crippen LogP contribution in [0.1, 0.15) is 23.6 Å². The molecule has 3 rings (SSSR count). The summed E-state index contributed by atoms with van der Waals surface area (Å²) >= 11 is 0. The molecule has 0 radical (unpaired) electrons. The van der Waals surface area contributed by atoms with Gasteiger partial charge >= 0.3 is 0 Å². The number of hydrogen-bond donors (Lipinski definition) is 0. The van der Waals surface area contributed by atoms with Crippen molar-refractivity contribution in [3.8, 4) is 11.8 Å². The first kappa shape index (κ1) is 21.6. The summed E-state index contributed by atoms with van der Waals surface area (Å²) in [4.78, 5) is 0.171. The first-order chi connectivity index (χ1) is 14.5. The summed E-state index contributed by atoms with van der Waals surface area (Å²) in [6.07, 6.45) is 0.506. The monoisotopic (exact) mass is 420 g/mol. The highest BCUT2D eigenvalue weighted by Gasteiger charge is 2.30.